The summed E-state index contributed by atoms with van der Waals surface area (Å²) in [5.74, 6) is 1.03. The monoisotopic (exact) mass is 280 g/mol. The molecule has 0 spiro atoms. The summed E-state index contributed by atoms with van der Waals surface area (Å²) < 4.78 is 12.9. The first-order valence-electron chi connectivity index (χ1n) is 7.33. The van der Waals surface area contributed by atoms with Crippen molar-refractivity contribution in [1.29, 1.82) is 0 Å². The average Bonchev–Trinajstić information content (AvgIpc) is 3.26. The van der Waals surface area contributed by atoms with Gasteiger partial charge in [0.15, 0.2) is 5.82 Å². The maximum absolute atomic E-state index is 12.9. The normalized spacial score (nSPS) is 24.1. The smallest absolute Gasteiger partial charge is 0.225 e. The zero-order chi connectivity index (χ0) is 13.9. The van der Waals surface area contributed by atoms with Crippen molar-refractivity contribution in [2.45, 2.75) is 25.3 Å². The van der Waals surface area contributed by atoms with Gasteiger partial charge in [0.25, 0.3) is 0 Å². The van der Waals surface area contributed by atoms with Crippen LogP contribution in [0, 0.1) is 11.7 Å². The van der Waals surface area contributed by atoms with Gasteiger partial charge in [-0.3, -0.25) is 4.90 Å². The number of nitrogens with zero attached hydrogens (tertiary/aromatic N) is 4. The molecule has 110 valence electrons. The first kappa shape index (κ1) is 13.7. The Hall–Kier alpha value is -1.27. The molecule has 1 saturated carbocycles. The molecular formula is C14H21FN4O. The van der Waals surface area contributed by atoms with Crippen LogP contribution in [0.4, 0.5) is 10.3 Å². The second kappa shape index (κ2) is 6.01. The molecule has 1 aliphatic heterocycles. The van der Waals surface area contributed by atoms with Crippen LogP contribution in [0.15, 0.2) is 12.4 Å². The Labute approximate surface area is 118 Å². The predicted octanol–water partition coefficient (Wildman–Crippen LogP) is 0.899. The summed E-state index contributed by atoms with van der Waals surface area (Å²) in [6, 6.07) is 0.336. The van der Waals surface area contributed by atoms with Crippen LogP contribution in [0.5, 0.6) is 0 Å². The number of aliphatic hydroxyl groups excluding tert-OH is 1. The molecular weight excluding hydrogens is 259 g/mol. The molecule has 0 unspecified atom stereocenters. The van der Waals surface area contributed by atoms with E-state index in [4.69, 9.17) is 0 Å². The number of hydrogen-bond donors (Lipinski definition) is 1. The van der Waals surface area contributed by atoms with Crippen molar-refractivity contribution < 1.29 is 9.50 Å². The standard InChI is InChI=1S/C14H21FN4O/c15-12-7-16-14(17-8-12)19-5-4-18(9-11-1-2-11)13(10-19)3-6-20/h7-8,11,13,20H,1-6,9-10H2/t13-/m1/s1. The maximum atomic E-state index is 12.9. The van der Waals surface area contributed by atoms with E-state index in [2.05, 4.69) is 19.8 Å². The third-order valence-electron chi connectivity index (χ3n) is 4.15. The highest BCUT2D eigenvalue weighted by molar-refractivity contribution is 5.30. The van der Waals surface area contributed by atoms with E-state index in [0.717, 1.165) is 38.5 Å². The summed E-state index contributed by atoms with van der Waals surface area (Å²) in [6.07, 6.45) is 5.87. The van der Waals surface area contributed by atoms with Gasteiger partial charge in [-0.15, -0.1) is 0 Å². The lowest BCUT2D eigenvalue weighted by Gasteiger charge is -2.41. The summed E-state index contributed by atoms with van der Waals surface area (Å²) in [6.45, 7) is 3.97. The van der Waals surface area contributed by atoms with Crippen LogP contribution < -0.4 is 4.90 Å². The van der Waals surface area contributed by atoms with Gasteiger partial charge in [0.05, 0.1) is 12.4 Å². The van der Waals surface area contributed by atoms with Crippen molar-refractivity contribution >= 4 is 5.95 Å². The Morgan fingerprint density at radius 3 is 2.65 bits per heavy atom. The first-order chi connectivity index (χ1) is 9.76. The van der Waals surface area contributed by atoms with Crippen LogP contribution in [-0.2, 0) is 0 Å². The van der Waals surface area contributed by atoms with E-state index in [-0.39, 0.29) is 6.61 Å². The second-order valence-electron chi connectivity index (χ2n) is 5.75. The zero-order valence-corrected chi connectivity index (χ0v) is 11.6. The molecule has 2 aliphatic rings. The minimum Gasteiger partial charge on any atom is -0.396 e. The summed E-state index contributed by atoms with van der Waals surface area (Å²) >= 11 is 0. The number of aromatic nitrogens is 2. The van der Waals surface area contributed by atoms with Gasteiger partial charge < -0.3 is 10.0 Å². The van der Waals surface area contributed by atoms with Crippen LogP contribution in [0.2, 0.25) is 0 Å². The zero-order valence-electron chi connectivity index (χ0n) is 11.6. The summed E-state index contributed by atoms with van der Waals surface area (Å²) in [5, 5.41) is 9.25. The third kappa shape index (κ3) is 3.24. The largest absolute Gasteiger partial charge is 0.396 e. The molecule has 0 amide bonds. The predicted molar refractivity (Wildman–Crippen MR) is 74.0 cm³/mol. The van der Waals surface area contributed by atoms with Gasteiger partial charge in [-0.05, 0) is 25.2 Å². The summed E-state index contributed by atoms with van der Waals surface area (Å²) in [4.78, 5) is 12.7. The topological polar surface area (TPSA) is 52.5 Å². The Balaban J connectivity index is 1.65. The van der Waals surface area contributed by atoms with Gasteiger partial charge >= 0.3 is 0 Å². The summed E-state index contributed by atoms with van der Waals surface area (Å²) in [7, 11) is 0. The second-order valence-corrected chi connectivity index (χ2v) is 5.75. The van der Waals surface area contributed by atoms with Crippen LogP contribution in [0.3, 0.4) is 0 Å². The molecule has 1 N–H and O–H groups in total. The fourth-order valence-corrected chi connectivity index (χ4v) is 2.84. The van der Waals surface area contributed by atoms with Crippen LogP contribution >= 0.6 is 0 Å². The molecule has 1 aromatic rings. The molecule has 0 bridgehead atoms. The fraction of sp³-hybridized carbons (Fsp3) is 0.714. The van der Waals surface area contributed by atoms with E-state index in [0.29, 0.717) is 12.0 Å². The van der Waals surface area contributed by atoms with E-state index in [1.807, 2.05) is 0 Å². The van der Waals surface area contributed by atoms with Crippen molar-refractivity contribution in [3.63, 3.8) is 0 Å². The van der Waals surface area contributed by atoms with Gasteiger partial charge in [-0.2, -0.15) is 0 Å². The lowest BCUT2D eigenvalue weighted by Crippen LogP contribution is -2.54. The van der Waals surface area contributed by atoms with Crippen LogP contribution in [0.1, 0.15) is 19.3 Å². The highest BCUT2D eigenvalue weighted by Crippen LogP contribution is 2.31. The van der Waals surface area contributed by atoms with Crippen molar-refractivity contribution in [3.8, 4) is 0 Å². The van der Waals surface area contributed by atoms with Crippen LogP contribution in [-0.4, -0.2) is 58.8 Å². The molecule has 2 fully saturated rings. The molecule has 1 aliphatic carbocycles. The SMILES string of the molecule is OCC[C@@H]1CN(c2ncc(F)cn2)CCN1CC1CC1. The molecule has 6 heteroatoms. The molecule has 1 aromatic heterocycles. The minimum absolute atomic E-state index is 0.198. The molecule has 0 radical (unpaired) electrons. The number of piperazine rings is 1. The quantitative estimate of drug-likeness (QED) is 0.868. The van der Waals surface area contributed by atoms with Crippen molar-refractivity contribution in [3.05, 3.63) is 18.2 Å². The van der Waals surface area contributed by atoms with Crippen molar-refractivity contribution in [1.82, 2.24) is 14.9 Å². The first-order valence-corrected chi connectivity index (χ1v) is 7.33. The summed E-state index contributed by atoms with van der Waals surface area (Å²) in [5.41, 5.74) is 0. The van der Waals surface area contributed by atoms with Crippen molar-refractivity contribution in [2.24, 2.45) is 5.92 Å². The molecule has 20 heavy (non-hydrogen) atoms. The van der Waals surface area contributed by atoms with Gasteiger partial charge in [0.2, 0.25) is 5.95 Å². The van der Waals surface area contributed by atoms with E-state index >= 15 is 0 Å². The average molecular weight is 280 g/mol. The molecule has 1 saturated heterocycles. The number of halogens is 1. The van der Waals surface area contributed by atoms with E-state index < -0.39 is 5.82 Å². The molecule has 5 nitrogen and oxygen atoms in total. The molecule has 1 atom stereocenters. The van der Waals surface area contributed by atoms with E-state index in [9.17, 15) is 9.50 Å². The number of hydrogen-bond acceptors (Lipinski definition) is 5. The van der Waals surface area contributed by atoms with Crippen molar-refractivity contribution in [2.75, 3.05) is 37.7 Å². The van der Waals surface area contributed by atoms with E-state index in [1.54, 1.807) is 0 Å². The Morgan fingerprint density at radius 2 is 2.00 bits per heavy atom. The third-order valence-corrected chi connectivity index (χ3v) is 4.15. The Bertz CT molecular complexity index is 437. The Kier molecular flexibility index (Phi) is 4.12. The number of anilines is 1. The number of aliphatic hydroxyl groups is 1. The maximum Gasteiger partial charge on any atom is 0.225 e. The van der Waals surface area contributed by atoms with Gasteiger partial charge in [0, 0.05) is 38.8 Å². The highest BCUT2D eigenvalue weighted by Gasteiger charge is 2.32. The highest BCUT2D eigenvalue weighted by atomic mass is 19.1. The van der Waals surface area contributed by atoms with Crippen LogP contribution in [0.25, 0.3) is 0 Å². The Morgan fingerprint density at radius 1 is 1.25 bits per heavy atom. The van der Waals surface area contributed by atoms with Gasteiger partial charge in [-0.25, -0.2) is 14.4 Å². The molecule has 3 rings (SSSR count). The van der Waals surface area contributed by atoms with Gasteiger partial charge in [0.1, 0.15) is 0 Å². The van der Waals surface area contributed by atoms with Gasteiger partial charge in [-0.1, -0.05) is 0 Å². The molecule has 0 aromatic carbocycles. The van der Waals surface area contributed by atoms with E-state index in [1.165, 1.54) is 25.2 Å². The fourth-order valence-electron chi connectivity index (χ4n) is 2.84. The lowest BCUT2D eigenvalue weighted by molar-refractivity contribution is 0.136. The lowest BCUT2D eigenvalue weighted by atomic mass is 10.1. The molecule has 2 heterocycles. The minimum atomic E-state index is -0.409. The number of rotatable bonds is 5.